The number of carbonyl (C=O) groups excluding carboxylic acids is 2. The summed E-state index contributed by atoms with van der Waals surface area (Å²) in [5, 5.41) is 5.45. The number of nitrogens with one attached hydrogen (secondary N) is 1. The van der Waals surface area contributed by atoms with Crippen molar-refractivity contribution in [3.8, 4) is 0 Å². The fourth-order valence-electron chi connectivity index (χ4n) is 3.81. The molecular weight excluding hydrogens is 406 g/mol. The number of benzene rings is 3. The summed E-state index contributed by atoms with van der Waals surface area (Å²) in [4.78, 5) is 36.4. The summed E-state index contributed by atoms with van der Waals surface area (Å²) in [5.41, 5.74) is 2.42. The minimum Gasteiger partial charge on any atom is -0.461 e. The van der Waals surface area contributed by atoms with Crippen molar-refractivity contribution in [1.29, 1.82) is 0 Å². The Morgan fingerprint density at radius 3 is 2.53 bits per heavy atom. The molecule has 0 aliphatic rings. The first-order valence-corrected chi connectivity index (χ1v) is 10.3. The SMILES string of the molecule is CC(=O)NC(CC(=O)OCc1cc(=O)oc2ccc3ccccc3c12)c1ccc(C)cc1. The molecule has 1 unspecified atom stereocenters. The second kappa shape index (κ2) is 9.06. The summed E-state index contributed by atoms with van der Waals surface area (Å²) in [7, 11) is 0. The van der Waals surface area contributed by atoms with Crippen LogP contribution in [0.5, 0.6) is 0 Å². The zero-order valence-electron chi connectivity index (χ0n) is 17.9. The lowest BCUT2D eigenvalue weighted by molar-refractivity contribution is -0.145. The lowest BCUT2D eigenvalue weighted by atomic mass is 10.0. The van der Waals surface area contributed by atoms with Gasteiger partial charge in [0, 0.05) is 23.9 Å². The molecule has 32 heavy (non-hydrogen) atoms. The van der Waals surface area contributed by atoms with Gasteiger partial charge in [0.1, 0.15) is 12.2 Å². The summed E-state index contributed by atoms with van der Waals surface area (Å²) >= 11 is 0. The van der Waals surface area contributed by atoms with Crippen molar-refractivity contribution in [1.82, 2.24) is 5.32 Å². The van der Waals surface area contributed by atoms with Gasteiger partial charge in [0.15, 0.2) is 0 Å². The largest absolute Gasteiger partial charge is 0.461 e. The van der Waals surface area contributed by atoms with Crippen LogP contribution in [0.3, 0.4) is 0 Å². The van der Waals surface area contributed by atoms with E-state index in [0.29, 0.717) is 11.1 Å². The summed E-state index contributed by atoms with van der Waals surface area (Å²) in [6, 6.07) is 19.8. The molecule has 0 radical (unpaired) electrons. The second-order valence-corrected chi connectivity index (χ2v) is 7.78. The van der Waals surface area contributed by atoms with Crippen LogP contribution in [0.1, 0.15) is 36.1 Å². The van der Waals surface area contributed by atoms with Crippen LogP contribution in [0, 0.1) is 6.92 Å². The first-order valence-electron chi connectivity index (χ1n) is 10.3. The minimum absolute atomic E-state index is 0.0250. The highest BCUT2D eigenvalue weighted by molar-refractivity contribution is 6.07. The smallest absolute Gasteiger partial charge is 0.336 e. The van der Waals surface area contributed by atoms with Gasteiger partial charge < -0.3 is 14.5 Å². The quantitative estimate of drug-likeness (QED) is 0.276. The van der Waals surface area contributed by atoms with Crippen LogP contribution >= 0.6 is 0 Å². The number of esters is 1. The van der Waals surface area contributed by atoms with Gasteiger partial charge in [-0.1, -0.05) is 60.2 Å². The molecule has 1 N–H and O–H groups in total. The van der Waals surface area contributed by atoms with Gasteiger partial charge in [-0.2, -0.15) is 0 Å². The van der Waals surface area contributed by atoms with E-state index in [0.717, 1.165) is 27.3 Å². The molecule has 3 aromatic carbocycles. The molecule has 1 amide bonds. The van der Waals surface area contributed by atoms with Crippen molar-refractivity contribution < 1.29 is 18.7 Å². The minimum atomic E-state index is -0.505. The van der Waals surface area contributed by atoms with E-state index in [4.69, 9.17) is 9.15 Å². The lowest BCUT2D eigenvalue weighted by Gasteiger charge is -2.18. The van der Waals surface area contributed by atoms with Crippen LogP contribution in [0.25, 0.3) is 21.7 Å². The van der Waals surface area contributed by atoms with E-state index in [2.05, 4.69) is 5.32 Å². The van der Waals surface area contributed by atoms with Crippen LogP contribution < -0.4 is 10.9 Å². The summed E-state index contributed by atoms with van der Waals surface area (Å²) < 4.78 is 10.9. The zero-order valence-corrected chi connectivity index (χ0v) is 17.9. The highest BCUT2D eigenvalue weighted by Crippen LogP contribution is 2.28. The predicted molar refractivity (Wildman–Crippen MR) is 122 cm³/mol. The van der Waals surface area contributed by atoms with Crippen LogP contribution in [0.4, 0.5) is 0 Å². The lowest BCUT2D eigenvalue weighted by Crippen LogP contribution is -2.28. The van der Waals surface area contributed by atoms with E-state index < -0.39 is 17.6 Å². The Labute approximate surface area is 184 Å². The number of hydrogen-bond donors (Lipinski definition) is 1. The average molecular weight is 429 g/mol. The molecule has 1 atom stereocenters. The summed E-state index contributed by atoms with van der Waals surface area (Å²) in [6.07, 6.45) is -0.0250. The van der Waals surface area contributed by atoms with E-state index in [9.17, 15) is 14.4 Å². The molecule has 4 aromatic rings. The predicted octanol–water partition coefficient (Wildman–Crippen LogP) is 4.57. The molecule has 0 aliphatic carbocycles. The molecule has 0 spiro atoms. The fourth-order valence-corrected chi connectivity index (χ4v) is 3.81. The van der Waals surface area contributed by atoms with Gasteiger partial charge >= 0.3 is 11.6 Å². The molecule has 0 aliphatic heterocycles. The van der Waals surface area contributed by atoms with Crippen molar-refractivity contribution in [2.45, 2.75) is 32.9 Å². The van der Waals surface area contributed by atoms with Gasteiger partial charge in [0.05, 0.1) is 12.5 Å². The fraction of sp³-hybridized carbons (Fsp3) is 0.192. The maximum absolute atomic E-state index is 12.7. The number of rotatable bonds is 6. The Balaban J connectivity index is 1.58. The van der Waals surface area contributed by atoms with E-state index in [-0.39, 0.29) is 18.9 Å². The number of carbonyl (C=O) groups is 2. The third kappa shape index (κ3) is 4.70. The molecular formula is C26H23NO5. The van der Waals surface area contributed by atoms with Crippen molar-refractivity contribution in [3.63, 3.8) is 0 Å². The number of fused-ring (bicyclic) bond motifs is 3. The van der Waals surface area contributed by atoms with Gasteiger partial charge in [-0.15, -0.1) is 0 Å². The van der Waals surface area contributed by atoms with Crippen LogP contribution in [-0.2, 0) is 20.9 Å². The highest BCUT2D eigenvalue weighted by atomic mass is 16.5. The molecule has 1 aromatic heterocycles. The average Bonchev–Trinajstić information content (AvgIpc) is 2.77. The monoisotopic (exact) mass is 429 g/mol. The normalized spacial score (nSPS) is 11.9. The molecule has 162 valence electrons. The Hall–Kier alpha value is -3.93. The second-order valence-electron chi connectivity index (χ2n) is 7.78. The molecule has 0 saturated heterocycles. The standard InChI is InChI=1S/C26H23NO5/c1-16-7-9-19(10-8-16)22(27-17(2)28)14-24(29)31-15-20-13-25(30)32-23-12-11-18-5-3-4-6-21(18)26(20)23/h3-13,22H,14-15H2,1-2H3,(H,27,28). The molecule has 0 bridgehead atoms. The zero-order chi connectivity index (χ0) is 22.7. The topological polar surface area (TPSA) is 85.6 Å². The molecule has 4 rings (SSSR count). The van der Waals surface area contributed by atoms with E-state index in [1.807, 2.05) is 61.5 Å². The first-order chi connectivity index (χ1) is 15.4. The number of hydrogen-bond acceptors (Lipinski definition) is 5. The van der Waals surface area contributed by atoms with E-state index in [1.165, 1.54) is 13.0 Å². The summed E-state index contributed by atoms with van der Waals surface area (Å²) in [5.74, 6) is -0.715. The third-order valence-corrected chi connectivity index (χ3v) is 5.33. The van der Waals surface area contributed by atoms with Crippen molar-refractivity contribution in [2.75, 3.05) is 0 Å². The Bertz CT molecular complexity index is 1350. The van der Waals surface area contributed by atoms with Crippen molar-refractivity contribution >= 4 is 33.6 Å². The summed E-state index contributed by atoms with van der Waals surface area (Å²) in [6.45, 7) is 3.30. The van der Waals surface area contributed by atoms with Crippen LogP contribution in [-0.4, -0.2) is 11.9 Å². The molecule has 6 heteroatoms. The first kappa shape index (κ1) is 21.3. The molecule has 6 nitrogen and oxygen atoms in total. The number of aryl methyl sites for hydroxylation is 1. The van der Waals surface area contributed by atoms with Gasteiger partial charge in [-0.3, -0.25) is 9.59 Å². The van der Waals surface area contributed by atoms with Gasteiger partial charge in [-0.25, -0.2) is 4.79 Å². The van der Waals surface area contributed by atoms with Gasteiger partial charge in [-0.05, 0) is 29.3 Å². The van der Waals surface area contributed by atoms with Crippen LogP contribution in [0.15, 0.2) is 75.9 Å². The Morgan fingerprint density at radius 2 is 1.78 bits per heavy atom. The Morgan fingerprint density at radius 1 is 1.03 bits per heavy atom. The molecule has 0 fully saturated rings. The highest BCUT2D eigenvalue weighted by Gasteiger charge is 2.19. The number of ether oxygens (including phenoxy) is 1. The maximum atomic E-state index is 12.7. The third-order valence-electron chi connectivity index (χ3n) is 5.33. The molecule has 0 saturated carbocycles. The Kier molecular flexibility index (Phi) is 6.03. The van der Waals surface area contributed by atoms with E-state index in [1.54, 1.807) is 6.07 Å². The van der Waals surface area contributed by atoms with Gasteiger partial charge in [0.2, 0.25) is 5.91 Å². The maximum Gasteiger partial charge on any atom is 0.336 e. The van der Waals surface area contributed by atoms with Crippen LogP contribution in [0.2, 0.25) is 0 Å². The number of amides is 1. The molecule has 1 heterocycles. The van der Waals surface area contributed by atoms with Crippen molar-refractivity contribution in [3.05, 3.63) is 93.8 Å². The van der Waals surface area contributed by atoms with Crippen molar-refractivity contribution in [2.24, 2.45) is 0 Å². The van der Waals surface area contributed by atoms with Gasteiger partial charge in [0.25, 0.3) is 0 Å². The van der Waals surface area contributed by atoms with E-state index >= 15 is 0 Å².